The fourth-order valence-corrected chi connectivity index (χ4v) is 2.20. The van der Waals surface area contributed by atoms with E-state index in [-0.39, 0.29) is 0 Å². The van der Waals surface area contributed by atoms with Gasteiger partial charge in [0.1, 0.15) is 0 Å². The van der Waals surface area contributed by atoms with Gasteiger partial charge in [0.2, 0.25) is 0 Å². The molecule has 56 valence electrons. The van der Waals surface area contributed by atoms with Crippen LogP contribution < -0.4 is 0 Å². The summed E-state index contributed by atoms with van der Waals surface area (Å²) in [6.45, 7) is 4.36. The van der Waals surface area contributed by atoms with Gasteiger partial charge in [-0.05, 0) is 18.9 Å². The van der Waals surface area contributed by atoms with Crippen LogP contribution in [-0.4, -0.2) is 29.8 Å². The molecule has 10 heavy (non-hydrogen) atoms. The number of nitrogens with zero attached hydrogens (tertiary/aromatic N) is 1. The predicted molar refractivity (Wildman–Crippen MR) is 38.8 cm³/mol. The summed E-state index contributed by atoms with van der Waals surface area (Å²) in [7, 11) is 0. The molecule has 2 nitrogen and oxygen atoms in total. The molecule has 0 amide bonds. The maximum Gasteiger partial charge on any atom is 0.151 e. The Morgan fingerprint density at radius 1 is 1.50 bits per heavy atom. The quantitative estimate of drug-likeness (QED) is 0.491. The molecule has 2 atom stereocenters. The molecule has 0 radical (unpaired) electrons. The van der Waals surface area contributed by atoms with Crippen LogP contribution in [0.25, 0.3) is 0 Å². The van der Waals surface area contributed by atoms with E-state index >= 15 is 0 Å². The van der Waals surface area contributed by atoms with Crippen LogP contribution in [0.15, 0.2) is 0 Å². The molecule has 2 aliphatic heterocycles. The van der Waals surface area contributed by atoms with E-state index in [1.807, 2.05) is 0 Å². The molecule has 0 aromatic heterocycles. The topological polar surface area (TPSA) is 20.3 Å². The SMILES string of the molecule is C[C@H]1CCN2CCC(=O)[C@@H]12. The second-order valence-electron chi connectivity index (χ2n) is 3.46. The van der Waals surface area contributed by atoms with Crippen molar-refractivity contribution in [1.29, 1.82) is 0 Å². The zero-order valence-corrected chi connectivity index (χ0v) is 6.34. The summed E-state index contributed by atoms with van der Waals surface area (Å²) in [5, 5.41) is 0. The molecular formula is C8H13NO. The third kappa shape index (κ3) is 0.717. The Morgan fingerprint density at radius 2 is 2.30 bits per heavy atom. The van der Waals surface area contributed by atoms with Crippen molar-refractivity contribution >= 4 is 5.78 Å². The first kappa shape index (κ1) is 6.35. The van der Waals surface area contributed by atoms with Gasteiger partial charge in [0.15, 0.2) is 5.78 Å². The fraction of sp³-hybridized carbons (Fsp3) is 0.875. The number of Topliss-reactive ketones (excluding diaryl/α,β-unsaturated/α-hetero) is 1. The first-order valence-electron chi connectivity index (χ1n) is 4.06. The van der Waals surface area contributed by atoms with E-state index in [2.05, 4.69) is 11.8 Å². The van der Waals surface area contributed by atoms with E-state index in [4.69, 9.17) is 0 Å². The monoisotopic (exact) mass is 139 g/mol. The Hall–Kier alpha value is -0.370. The molecule has 0 N–H and O–H groups in total. The average molecular weight is 139 g/mol. The van der Waals surface area contributed by atoms with Gasteiger partial charge in [0.25, 0.3) is 0 Å². The van der Waals surface area contributed by atoms with Crippen LogP contribution in [0.2, 0.25) is 0 Å². The van der Waals surface area contributed by atoms with Gasteiger partial charge in [0.05, 0.1) is 6.04 Å². The molecule has 0 bridgehead atoms. The molecule has 0 aromatic rings. The van der Waals surface area contributed by atoms with Crippen LogP contribution in [0.5, 0.6) is 0 Å². The summed E-state index contributed by atoms with van der Waals surface area (Å²) < 4.78 is 0. The molecule has 2 fully saturated rings. The van der Waals surface area contributed by atoms with Gasteiger partial charge in [-0.15, -0.1) is 0 Å². The maximum atomic E-state index is 11.2. The molecule has 2 rings (SSSR count). The Bertz CT molecular complexity index is 167. The number of ketones is 1. The number of carbonyl (C=O) groups is 1. The summed E-state index contributed by atoms with van der Waals surface area (Å²) in [6.07, 6.45) is 2.02. The van der Waals surface area contributed by atoms with Crippen molar-refractivity contribution in [3.05, 3.63) is 0 Å². The smallest absolute Gasteiger partial charge is 0.151 e. The minimum absolute atomic E-state index is 0.306. The highest BCUT2D eigenvalue weighted by Gasteiger charge is 2.40. The summed E-state index contributed by atoms with van der Waals surface area (Å²) in [4.78, 5) is 13.6. The molecule has 0 spiro atoms. The molecule has 2 heterocycles. The molecular weight excluding hydrogens is 126 g/mol. The zero-order chi connectivity index (χ0) is 7.14. The van der Waals surface area contributed by atoms with Crippen molar-refractivity contribution in [2.45, 2.75) is 25.8 Å². The van der Waals surface area contributed by atoms with Crippen molar-refractivity contribution in [1.82, 2.24) is 4.90 Å². The van der Waals surface area contributed by atoms with Crippen molar-refractivity contribution in [3.8, 4) is 0 Å². The van der Waals surface area contributed by atoms with Crippen LogP contribution >= 0.6 is 0 Å². The largest absolute Gasteiger partial charge is 0.298 e. The van der Waals surface area contributed by atoms with E-state index in [0.29, 0.717) is 17.7 Å². The highest BCUT2D eigenvalue weighted by Crippen LogP contribution is 2.29. The van der Waals surface area contributed by atoms with Crippen LogP contribution in [0.4, 0.5) is 0 Å². The first-order valence-corrected chi connectivity index (χ1v) is 4.06. The number of hydrogen-bond acceptors (Lipinski definition) is 2. The lowest BCUT2D eigenvalue weighted by Gasteiger charge is -2.14. The van der Waals surface area contributed by atoms with Crippen molar-refractivity contribution in [2.24, 2.45) is 5.92 Å². The summed E-state index contributed by atoms with van der Waals surface area (Å²) in [5.41, 5.74) is 0. The number of fused-ring (bicyclic) bond motifs is 1. The highest BCUT2D eigenvalue weighted by molar-refractivity contribution is 5.86. The molecule has 2 aliphatic rings. The van der Waals surface area contributed by atoms with Gasteiger partial charge in [-0.1, -0.05) is 6.92 Å². The third-order valence-corrected chi connectivity index (χ3v) is 2.78. The van der Waals surface area contributed by atoms with E-state index < -0.39 is 0 Å². The van der Waals surface area contributed by atoms with Gasteiger partial charge in [-0.2, -0.15) is 0 Å². The second-order valence-corrected chi connectivity index (χ2v) is 3.46. The highest BCUT2D eigenvalue weighted by atomic mass is 16.1. The van der Waals surface area contributed by atoms with E-state index in [0.717, 1.165) is 19.5 Å². The van der Waals surface area contributed by atoms with Gasteiger partial charge < -0.3 is 0 Å². The Balaban J connectivity index is 2.19. The lowest BCUT2D eigenvalue weighted by molar-refractivity contribution is -0.120. The Kier molecular flexibility index (Phi) is 1.31. The minimum Gasteiger partial charge on any atom is -0.298 e. The van der Waals surface area contributed by atoms with Crippen molar-refractivity contribution in [3.63, 3.8) is 0 Å². The van der Waals surface area contributed by atoms with Gasteiger partial charge in [-0.3, -0.25) is 9.69 Å². The number of rotatable bonds is 0. The summed E-state index contributed by atoms with van der Waals surface area (Å²) in [6, 6.07) is 0.306. The van der Waals surface area contributed by atoms with Crippen LogP contribution in [0.3, 0.4) is 0 Å². The molecule has 0 saturated carbocycles. The van der Waals surface area contributed by atoms with Crippen LogP contribution in [-0.2, 0) is 4.79 Å². The van der Waals surface area contributed by atoms with Gasteiger partial charge >= 0.3 is 0 Å². The van der Waals surface area contributed by atoms with E-state index in [1.165, 1.54) is 6.42 Å². The molecule has 2 heteroatoms. The van der Waals surface area contributed by atoms with Crippen LogP contribution in [0.1, 0.15) is 19.8 Å². The molecule has 0 aromatic carbocycles. The van der Waals surface area contributed by atoms with Crippen LogP contribution in [0, 0.1) is 5.92 Å². The predicted octanol–water partition coefficient (Wildman–Crippen LogP) is 0.670. The third-order valence-electron chi connectivity index (χ3n) is 2.78. The van der Waals surface area contributed by atoms with Crippen molar-refractivity contribution < 1.29 is 4.79 Å². The lowest BCUT2D eigenvalue weighted by Crippen LogP contribution is -2.29. The Labute approximate surface area is 61.2 Å². The number of carbonyl (C=O) groups excluding carboxylic acids is 1. The lowest BCUT2D eigenvalue weighted by atomic mass is 10.0. The Morgan fingerprint density at radius 3 is 3.00 bits per heavy atom. The molecule has 2 saturated heterocycles. The van der Waals surface area contributed by atoms with Gasteiger partial charge in [-0.25, -0.2) is 0 Å². The van der Waals surface area contributed by atoms with Crippen molar-refractivity contribution in [2.75, 3.05) is 13.1 Å². The first-order chi connectivity index (χ1) is 4.79. The maximum absolute atomic E-state index is 11.2. The van der Waals surface area contributed by atoms with E-state index in [1.54, 1.807) is 0 Å². The molecule has 0 unspecified atom stereocenters. The summed E-state index contributed by atoms with van der Waals surface area (Å²) in [5.74, 6) is 1.10. The minimum atomic E-state index is 0.306. The second kappa shape index (κ2) is 2.06. The number of hydrogen-bond donors (Lipinski definition) is 0. The normalized spacial score (nSPS) is 40.7. The summed E-state index contributed by atoms with van der Waals surface area (Å²) >= 11 is 0. The van der Waals surface area contributed by atoms with Gasteiger partial charge in [0, 0.05) is 13.0 Å². The van der Waals surface area contributed by atoms with E-state index in [9.17, 15) is 4.79 Å². The molecule has 0 aliphatic carbocycles. The zero-order valence-electron chi connectivity index (χ0n) is 6.34. The fourth-order valence-electron chi connectivity index (χ4n) is 2.20. The standard InChI is InChI=1S/C8H13NO/c1-6-2-4-9-5-3-7(10)8(6)9/h6,8H,2-5H2,1H3/t6-,8+/m0/s1. The average Bonchev–Trinajstić information content (AvgIpc) is 2.40.